The molecule has 1 fully saturated rings. The molecule has 1 unspecified atom stereocenters. The second-order valence-electron chi connectivity index (χ2n) is 6.16. The first-order chi connectivity index (χ1) is 13.5. The highest BCUT2D eigenvalue weighted by atomic mass is 127. The van der Waals surface area contributed by atoms with E-state index in [2.05, 4.69) is 0 Å². The number of hydrogen-bond donors (Lipinski definition) is 1. The first-order valence-corrected chi connectivity index (χ1v) is 10.6. The van der Waals surface area contributed by atoms with Crippen LogP contribution in [0.3, 0.4) is 0 Å². The third-order valence-corrected chi connectivity index (χ3v) is 6.12. The molecule has 1 atom stereocenters. The van der Waals surface area contributed by atoms with E-state index >= 15 is 0 Å². The molecule has 3 aromatic rings. The van der Waals surface area contributed by atoms with E-state index < -0.39 is 17.7 Å². The number of aliphatic hydroxyl groups excluding tert-OH is 1. The van der Waals surface area contributed by atoms with Gasteiger partial charge in [-0.25, -0.2) is 0 Å². The summed E-state index contributed by atoms with van der Waals surface area (Å²) in [7, 11) is 0. The highest BCUT2D eigenvalue weighted by molar-refractivity contribution is 14.1. The van der Waals surface area contributed by atoms with Gasteiger partial charge in [0.25, 0.3) is 11.7 Å². The SMILES string of the molecule is O=C1C(=O)N(Cc2cccs2)C(c2ccc(I)o2)/C1=C(\O)c1ccc(Cl)cc1. The maximum absolute atomic E-state index is 12.8. The van der Waals surface area contributed by atoms with Crippen molar-refractivity contribution in [2.45, 2.75) is 12.6 Å². The summed E-state index contributed by atoms with van der Waals surface area (Å²) in [5.74, 6) is -1.23. The highest BCUT2D eigenvalue weighted by Gasteiger charge is 2.47. The third-order valence-electron chi connectivity index (χ3n) is 4.43. The van der Waals surface area contributed by atoms with Gasteiger partial charge in [-0.05, 0) is 70.4 Å². The molecule has 3 heterocycles. The number of likely N-dealkylation sites (tertiary alicyclic amines) is 1. The van der Waals surface area contributed by atoms with Crippen molar-refractivity contribution in [2.75, 3.05) is 0 Å². The van der Waals surface area contributed by atoms with Crippen LogP contribution in [0.15, 0.2) is 63.9 Å². The van der Waals surface area contributed by atoms with Crippen LogP contribution in [0.5, 0.6) is 0 Å². The number of furan rings is 1. The van der Waals surface area contributed by atoms with Crippen molar-refractivity contribution in [1.82, 2.24) is 4.90 Å². The quantitative estimate of drug-likeness (QED) is 0.219. The van der Waals surface area contributed by atoms with Gasteiger partial charge in [0.1, 0.15) is 17.6 Å². The lowest BCUT2D eigenvalue weighted by Gasteiger charge is -2.22. The Morgan fingerprint density at radius 3 is 2.54 bits per heavy atom. The van der Waals surface area contributed by atoms with Crippen molar-refractivity contribution >= 4 is 63.0 Å². The number of halogens is 2. The van der Waals surface area contributed by atoms with Gasteiger partial charge in [-0.3, -0.25) is 9.59 Å². The molecule has 5 nitrogen and oxygen atoms in total. The molecule has 2 aromatic heterocycles. The summed E-state index contributed by atoms with van der Waals surface area (Å²) in [6.45, 7) is 0.252. The molecule has 0 saturated carbocycles. The fourth-order valence-corrected chi connectivity index (χ4v) is 4.41. The summed E-state index contributed by atoms with van der Waals surface area (Å²) in [6.07, 6.45) is 0. The summed E-state index contributed by atoms with van der Waals surface area (Å²) in [5.41, 5.74) is 0.416. The minimum Gasteiger partial charge on any atom is -0.507 e. The van der Waals surface area contributed by atoms with Gasteiger partial charge in [0.2, 0.25) is 0 Å². The molecule has 1 saturated heterocycles. The van der Waals surface area contributed by atoms with Gasteiger partial charge < -0.3 is 14.4 Å². The second-order valence-corrected chi connectivity index (χ2v) is 8.69. The molecule has 4 rings (SSSR count). The summed E-state index contributed by atoms with van der Waals surface area (Å²) in [4.78, 5) is 28.0. The Hall–Kier alpha value is -2.10. The molecule has 1 aromatic carbocycles. The van der Waals surface area contributed by atoms with Gasteiger partial charge in [0.05, 0.1) is 12.1 Å². The van der Waals surface area contributed by atoms with E-state index in [1.165, 1.54) is 16.2 Å². The maximum Gasteiger partial charge on any atom is 0.296 e. The summed E-state index contributed by atoms with van der Waals surface area (Å²) in [5, 5.41) is 13.3. The smallest absolute Gasteiger partial charge is 0.296 e. The predicted molar refractivity (Wildman–Crippen MR) is 115 cm³/mol. The number of ketones is 1. The number of rotatable bonds is 4. The Morgan fingerprint density at radius 1 is 1.18 bits per heavy atom. The Morgan fingerprint density at radius 2 is 1.93 bits per heavy atom. The van der Waals surface area contributed by atoms with Crippen molar-refractivity contribution in [3.05, 3.63) is 84.5 Å². The number of carbonyl (C=O) groups is 2. The van der Waals surface area contributed by atoms with Crippen LogP contribution in [0.4, 0.5) is 0 Å². The van der Waals surface area contributed by atoms with Crippen molar-refractivity contribution < 1.29 is 19.1 Å². The highest BCUT2D eigenvalue weighted by Crippen LogP contribution is 2.41. The van der Waals surface area contributed by atoms with E-state index in [4.69, 9.17) is 16.0 Å². The lowest BCUT2D eigenvalue weighted by Crippen LogP contribution is -2.28. The molecule has 1 aliphatic rings. The number of nitrogens with zero attached hydrogens (tertiary/aromatic N) is 1. The molecular formula is C20H13ClINO4S. The van der Waals surface area contributed by atoms with E-state index in [1.54, 1.807) is 36.4 Å². The van der Waals surface area contributed by atoms with Crippen LogP contribution >= 0.6 is 45.5 Å². The molecule has 0 aliphatic carbocycles. The largest absolute Gasteiger partial charge is 0.507 e. The van der Waals surface area contributed by atoms with Crippen molar-refractivity contribution in [1.29, 1.82) is 0 Å². The molecule has 28 heavy (non-hydrogen) atoms. The third kappa shape index (κ3) is 3.49. The van der Waals surface area contributed by atoms with E-state index in [9.17, 15) is 14.7 Å². The average molecular weight is 526 g/mol. The van der Waals surface area contributed by atoms with Crippen molar-refractivity contribution in [2.24, 2.45) is 0 Å². The number of carbonyl (C=O) groups excluding carboxylic acids is 2. The van der Waals surface area contributed by atoms with E-state index in [0.717, 1.165) is 4.88 Å². The average Bonchev–Trinajstić information content (AvgIpc) is 3.39. The first kappa shape index (κ1) is 19.2. The number of thiophene rings is 1. The molecule has 1 aliphatic heterocycles. The Bertz CT molecular complexity index is 1070. The van der Waals surface area contributed by atoms with Gasteiger partial charge in [-0.1, -0.05) is 17.7 Å². The molecule has 142 valence electrons. The maximum atomic E-state index is 12.8. The summed E-state index contributed by atoms with van der Waals surface area (Å²) >= 11 is 9.43. The van der Waals surface area contributed by atoms with E-state index in [1.807, 2.05) is 40.1 Å². The summed E-state index contributed by atoms with van der Waals surface area (Å²) < 4.78 is 6.35. The Balaban J connectivity index is 1.85. The van der Waals surface area contributed by atoms with Gasteiger partial charge in [-0.15, -0.1) is 11.3 Å². The van der Waals surface area contributed by atoms with Crippen LogP contribution in [-0.4, -0.2) is 21.7 Å². The molecule has 1 N–H and O–H groups in total. The van der Waals surface area contributed by atoms with Gasteiger partial charge in [-0.2, -0.15) is 0 Å². The molecule has 0 spiro atoms. The molecule has 0 radical (unpaired) electrons. The van der Waals surface area contributed by atoms with Crippen LogP contribution in [0.2, 0.25) is 5.02 Å². The number of benzene rings is 1. The number of amides is 1. The predicted octanol–water partition coefficient (Wildman–Crippen LogP) is 5.22. The zero-order valence-corrected chi connectivity index (χ0v) is 18.0. The molecule has 8 heteroatoms. The lowest BCUT2D eigenvalue weighted by atomic mass is 9.99. The fourth-order valence-electron chi connectivity index (χ4n) is 3.15. The minimum absolute atomic E-state index is 0.00892. The van der Waals surface area contributed by atoms with E-state index in [-0.39, 0.29) is 17.9 Å². The normalized spacial score (nSPS) is 18.8. The van der Waals surface area contributed by atoms with Crippen molar-refractivity contribution in [3.63, 3.8) is 0 Å². The van der Waals surface area contributed by atoms with Crippen LogP contribution in [0.1, 0.15) is 22.2 Å². The molecule has 0 bridgehead atoms. The number of Topliss-reactive ketones (excluding diaryl/α,β-unsaturated/α-hetero) is 1. The van der Waals surface area contributed by atoms with Crippen molar-refractivity contribution in [3.8, 4) is 0 Å². The molecular weight excluding hydrogens is 513 g/mol. The van der Waals surface area contributed by atoms with Gasteiger partial charge >= 0.3 is 0 Å². The van der Waals surface area contributed by atoms with Crippen LogP contribution in [0, 0.1) is 3.77 Å². The summed E-state index contributed by atoms with van der Waals surface area (Å²) in [6, 6.07) is 12.9. The fraction of sp³-hybridized carbons (Fsp3) is 0.100. The monoisotopic (exact) mass is 525 g/mol. The van der Waals surface area contributed by atoms with Crippen LogP contribution < -0.4 is 0 Å². The van der Waals surface area contributed by atoms with E-state index in [0.29, 0.717) is 20.1 Å². The van der Waals surface area contributed by atoms with Crippen LogP contribution in [0.25, 0.3) is 5.76 Å². The van der Waals surface area contributed by atoms with Crippen LogP contribution in [-0.2, 0) is 16.1 Å². The topological polar surface area (TPSA) is 70.8 Å². The minimum atomic E-state index is -0.804. The first-order valence-electron chi connectivity index (χ1n) is 8.27. The zero-order valence-electron chi connectivity index (χ0n) is 14.3. The zero-order chi connectivity index (χ0) is 19.8. The van der Waals surface area contributed by atoms with Gasteiger partial charge in [0.15, 0.2) is 3.77 Å². The number of hydrogen-bond acceptors (Lipinski definition) is 5. The second kappa shape index (κ2) is 7.73. The lowest BCUT2D eigenvalue weighted by molar-refractivity contribution is -0.140. The Labute approximate surface area is 183 Å². The Kier molecular flexibility index (Phi) is 5.31. The standard InChI is InChI=1S/C20H13ClINO4S/c21-12-5-3-11(4-6-12)18(24)16-17(14-7-8-15(22)27-14)23(20(26)19(16)25)10-13-2-1-9-28-13/h1-9,17,24H,10H2/b18-16+. The van der Waals surface area contributed by atoms with Gasteiger partial charge in [0, 0.05) is 15.5 Å². The number of aliphatic hydroxyl groups is 1. The molecule has 1 amide bonds.